The Morgan fingerprint density at radius 1 is 1.00 bits per heavy atom. The molecule has 1 saturated heterocycles. The number of rotatable bonds is 7. The highest BCUT2D eigenvalue weighted by Gasteiger charge is 2.30. The van der Waals surface area contributed by atoms with Gasteiger partial charge in [-0.05, 0) is 37.7 Å². The van der Waals surface area contributed by atoms with Crippen molar-refractivity contribution < 1.29 is 4.79 Å². The minimum atomic E-state index is 0.320. The number of aromatic nitrogens is 2. The van der Waals surface area contributed by atoms with E-state index in [1.54, 1.807) is 12.4 Å². The first-order chi connectivity index (χ1) is 13.3. The lowest BCUT2D eigenvalue weighted by molar-refractivity contribution is -0.132. The molecule has 0 unspecified atom stereocenters. The number of carbonyl (C=O) groups is 1. The fraction of sp³-hybridized carbons (Fsp3) is 0.762. The van der Waals surface area contributed by atoms with E-state index in [0.717, 1.165) is 50.6 Å². The molecular weight excluding hydrogens is 338 g/mol. The Kier molecular flexibility index (Phi) is 6.22. The fourth-order valence-electron chi connectivity index (χ4n) is 4.51. The Bertz CT molecular complexity index is 592. The molecular formula is C21H33N5O. The van der Waals surface area contributed by atoms with Gasteiger partial charge in [0.1, 0.15) is 0 Å². The van der Waals surface area contributed by atoms with Gasteiger partial charge in [0.15, 0.2) is 0 Å². The summed E-state index contributed by atoms with van der Waals surface area (Å²) in [6, 6.07) is 2.56. The third kappa shape index (κ3) is 5.18. The van der Waals surface area contributed by atoms with Crippen LogP contribution in [0, 0.1) is 5.92 Å². The second kappa shape index (κ2) is 9.00. The SMILES string of the molecule is O=C(CCN(CC1CC1)C1CCCCC1)N1CCN(c2ncccn2)CC1. The maximum absolute atomic E-state index is 12.8. The molecule has 1 aliphatic heterocycles. The van der Waals surface area contributed by atoms with Crippen LogP contribution in [0.5, 0.6) is 0 Å². The zero-order valence-corrected chi connectivity index (χ0v) is 16.4. The summed E-state index contributed by atoms with van der Waals surface area (Å²) in [4.78, 5) is 28.3. The molecule has 0 bridgehead atoms. The van der Waals surface area contributed by atoms with Crippen molar-refractivity contribution in [3.63, 3.8) is 0 Å². The van der Waals surface area contributed by atoms with E-state index in [2.05, 4.69) is 19.8 Å². The van der Waals surface area contributed by atoms with Crippen LogP contribution in [-0.4, -0.2) is 71.0 Å². The number of piperazine rings is 1. The average Bonchev–Trinajstić information content (AvgIpc) is 3.56. The zero-order valence-electron chi connectivity index (χ0n) is 16.4. The molecule has 4 rings (SSSR count). The van der Waals surface area contributed by atoms with Gasteiger partial charge in [-0.2, -0.15) is 0 Å². The van der Waals surface area contributed by atoms with Gasteiger partial charge in [0.05, 0.1) is 0 Å². The van der Waals surface area contributed by atoms with Gasteiger partial charge in [0.2, 0.25) is 11.9 Å². The number of hydrogen-bond donors (Lipinski definition) is 0. The van der Waals surface area contributed by atoms with Gasteiger partial charge in [-0.15, -0.1) is 0 Å². The molecule has 0 N–H and O–H groups in total. The van der Waals surface area contributed by atoms with Crippen molar-refractivity contribution in [2.45, 2.75) is 57.4 Å². The maximum atomic E-state index is 12.8. The molecule has 2 aliphatic carbocycles. The highest BCUT2D eigenvalue weighted by Crippen LogP contribution is 2.32. The van der Waals surface area contributed by atoms with Crippen molar-refractivity contribution in [3.05, 3.63) is 18.5 Å². The van der Waals surface area contributed by atoms with Crippen molar-refractivity contribution in [2.75, 3.05) is 44.2 Å². The van der Waals surface area contributed by atoms with Crippen molar-refractivity contribution in [2.24, 2.45) is 5.92 Å². The zero-order chi connectivity index (χ0) is 18.5. The molecule has 6 nitrogen and oxygen atoms in total. The van der Waals surface area contributed by atoms with E-state index in [0.29, 0.717) is 12.3 Å². The molecule has 0 aromatic carbocycles. The van der Waals surface area contributed by atoms with Gasteiger partial charge < -0.3 is 9.80 Å². The summed E-state index contributed by atoms with van der Waals surface area (Å²) in [6.45, 7) is 5.37. The minimum absolute atomic E-state index is 0.320. The van der Waals surface area contributed by atoms with E-state index in [9.17, 15) is 4.79 Å². The molecule has 2 saturated carbocycles. The molecule has 2 heterocycles. The fourth-order valence-corrected chi connectivity index (χ4v) is 4.51. The van der Waals surface area contributed by atoms with Crippen LogP contribution >= 0.6 is 0 Å². The number of nitrogens with zero attached hydrogens (tertiary/aromatic N) is 5. The molecule has 1 aromatic heterocycles. The third-order valence-corrected chi connectivity index (χ3v) is 6.36. The molecule has 148 valence electrons. The van der Waals surface area contributed by atoms with Gasteiger partial charge in [-0.3, -0.25) is 9.69 Å². The summed E-state index contributed by atoms with van der Waals surface area (Å²) < 4.78 is 0. The van der Waals surface area contributed by atoms with Crippen LogP contribution in [0.3, 0.4) is 0 Å². The van der Waals surface area contributed by atoms with Crippen LogP contribution in [0.4, 0.5) is 5.95 Å². The lowest BCUT2D eigenvalue weighted by Crippen LogP contribution is -2.50. The summed E-state index contributed by atoms with van der Waals surface area (Å²) >= 11 is 0. The Morgan fingerprint density at radius 3 is 2.37 bits per heavy atom. The van der Waals surface area contributed by atoms with Crippen molar-refractivity contribution in [1.82, 2.24) is 19.8 Å². The summed E-state index contributed by atoms with van der Waals surface area (Å²) in [6.07, 6.45) is 13.8. The summed E-state index contributed by atoms with van der Waals surface area (Å²) in [5.74, 6) is 1.99. The Morgan fingerprint density at radius 2 is 1.70 bits per heavy atom. The lowest BCUT2D eigenvalue weighted by atomic mass is 9.94. The summed E-state index contributed by atoms with van der Waals surface area (Å²) in [7, 11) is 0. The summed E-state index contributed by atoms with van der Waals surface area (Å²) in [5, 5.41) is 0. The first-order valence-corrected chi connectivity index (χ1v) is 10.8. The van der Waals surface area contributed by atoms with E-state index in [4.69, 9.17) is 0 Å². The second-order valence-corrected chi connectivity index (χ2v) is 8.40. The molecule has 6 heteroatoms. The first kappa shape index (κ1) is 18.7. The molecule has 27 heavy (non-hydrogen) atoms. The molecule has 0 atom stereocenters. The molecule has 0 radical (unpaired) electrons. The Balaban J connectivity index is 1.24. The molecule has 1 aromatic rings. The number of amides is 1. The van der Waals surface area contributed by atoms with Crippen molar-refractivity contribution in [3.8, 4) is 0 Å². The van der Waals surface area contributed by atoms with Crippen LogP contribution in [-0.2, 0) is 4.79 Å². The van der Waals surface area contributed by atoms with E-state index in [-0.39, 0.29) is 0 Å². The van der Waals surface area contributed by atoms with Crippen LogP contribution in [0.2, 0.25) is 0 Å². The second-order valence-electron chi connectivity index (χ2n) is 8.40. The van der Waals surface area contributed by atoms with Gasteiger partial charge in [0, 0.05) is 64.1 Å². The predicted molar refractivity (Wildman–Crippen MR) is 107 cm³/mol. The lowest BCUT2D eigenvalue weighted by Gasteiger charge is -2.37. The predicted octanol–water partition coefficient (Wildman–Crippen LogP) is 2.56. The van der Waals surface area contributed by atoms with Gasteiger partial charge in [-0.25, -0.2) is 9.97 Å². The monoisotopic (exact) mass is 371 g/mol. The van der Waals surface area contributed by atoms with Crippen LogP contribution in [0.15, 0.2) is 18.5 Å². The average molecular weight is 372 g/mol. The molecule has 0 spiro atoms. The van der Waals surface area contributed by atoms with Crippen molar-refractivity contribution >= 4 is 11.9 Å². The largest absolute Gasteiger partial charge is 0.339 e. The first-order valence-electron chi connectivity index (χ1n) is 10.8. The standard InChI is InChI=1S/C21H33N5O/c27-20(24-13-15-25(16-14-24)21-22-10-4-11-23-21)9-12-26(17-18-7-8-18)19-5-2-1-3-6-19/h4,10-11,18-19H,1-3,5-9,12-17H2. The minimum Gasteiger partial charge on any atom is -0.339 e. The number of hydrogen-bond acceptors (Lipinski definition) is 5. The van der Waals surface area contributed by atoms with Gasteiger partial charge in [-0.1, -0.05) is 19.3 Å². The molecule has 3 aliphatic rings. The smallest absolute Gasteiger partial charge is 0.225 e. The molecule has 1 amide bonds. The van der Waals surface area contributed by atoms with E-state index < -0.39 is 0 Å². The van der Waals surface area contributed by atoms with E-state index >= 15 is 0 Å². The maximum Gasteiger partial charge on any atom is 0.225 e. The number of carbonyl (C=O) groups excluding carboxylic acids is 1. The van der Waals surface area contributed by atoms with E-state index in [1.165, 1.54) is 51.5 Å². The molecule has 3 fully saturated rings. The van der Waals surface area contributed by atoms with Crippen LogP contribution < -0.4 is 4.90 Å². The number of anilines is 1. The summed E-state index contributed by atoms with van der Waals surface area (Å²) in [5.41, 5.74) is 0. The normalized spacial score (nSPS) is 21.7. The van der Waals surface area contributed by atoms with Gasteiger partial charge >= 0.3 is 0 Å². The Labute approximate surface area is 162 Å². The van der Waals surface area contributed by atoms with Gasteiger partial charge in [0.25, 0.3) is 0 Å². The third-order valence-electron chi connectivity index (χ3n) is 6.36. The van der Waals surface area contributed by atoms with Crippen LogP contribution in [0.1, 0.15) is 51.4 Å². The van der Waals surface area contributed by atoms with Crippen LogP contribution in [0.25, 0.3) is 0 Å². The van der Waals surface area contributed by atoms with E-state index in [1.807, 2.05) is 11.0 Å². The highest BCUT2D eigenvalue weighted by molar-refractivity contribution is 5.76. The van der Waals surface area contributed by atoms with Crippen molar-refractivity contribution in [1.29, 1.82) is 0 Å². The Hall–Kier alpha value is -1.69. The highest BCUT2D eigenvalue weighted by atomic mass is 16.2. The quantitative estimate of drug-likeness (QED) is 0.737. The topological polar surface area (TPSA) is 52.6 Å².